The summed E-state index contributed by atoms with van der Waals surface area (Å²) < 4.78 is 24.2. The smallest absolute Gasteiger partial charge is 0.351 e. The van der Waals surface area contributed by atoms with Gasteiger partial charge in [0.05, 0.1) is 13.2 Å². The summed E-state index contributed by atoms with van der Waals surface area (Å²) in [6.45, 7) is 2.45. The van der Waals surface area contributed by atoms with Gasteiger partial charge in [0.25, 0.3) is 0 Å². The van der Waals surface area contributed by atoms with Crippen molar-refractivity contribution in [1.82, 2.24) is 9.55 Å². The number of nitrogens with zero attached hydrogens (tertiary/aromatic N) is 2. The summed E-state index contributed by atoms with van der Waals surface area (Å²) in [4.78, 5) is 15.9. The third kappa shape index (κ3) is 1.90. The van der Waals surface area contributed by atoms with E-state index in [9.17, 15) is 4.79 Å². The molecule has 0 aliphatic carbocycles. The van der Waals surface area contributed by atoms with Crippen LogP contribution in [0.4, 0.5) is 5.82 Å². The lowest BCUT2D eigenvalue weighted by Crippen LogP contribution is -2.52. The van der Waals surface area contributed by atoms with Gasteiger partial charge in [0.1, 0.15) is 23.6 Å². The number of hydrogen-bond donors (Lipinski definition) is 1. The molecule has 1 aromatic heterocycles. The summed E-state index contributed by atoms with van der Waals surface area (Å²) in [5, 5.41) is 0. The molecule has 0 radical (unpaired) electrons. The monoisotopic (exact) mass is 297 g/mol. The maximum absolute atomic E-state index is 12.1. The Morgan fingerprint density at radius 1 is 1.57 bits per heavy atom. The molecule has 0 spiro atoms. The Morgan fingerprint density at radius 2 is 2.33 bits per heavy atom. The first-order valence-corrected chi connectivity index (χ1v) is 6.66. The molecule has 8 heteroatoms. The number of methoxy groups -OCH3 is 2. The van der Waals surface area contributed by atoms with Gasteiger partial charge in [-0.3, -0.25) is 4.57 Å². The molecule has 2 aliphatic rings. The lowest BCUT2D eigenvalue weighted by atomic mass is 9.98. The highest BCUT2D eigenvalue weighted by Crippen LogP contribution is 2.49. The van der Waals surface area contributed by atoms with Crippen LogP contribution in [-0.2, 0) is 24.7 Å². The topological polar surface area (TPSA) is 97.8 Å². The third-order valence-corrected chi connectivity index (χ3v) is 4.18. The molecule has 3 rings (SSSR count). The lowest BCUT2D eigenvalue weighted by Gasteiger charge is -2.37. The van der Waals surface area contributed by atoms with Gasteiger partial charge < -0.3 is 24.7 Å². The minimum Gasteiger partial charge on any atom is -0.383 e. The van der Waals surface area contributed by atoms with Crippen molar-refractivity contribution in [2.75, 3.05) is 33.2 Å². The number of aromatic nitrogens is 2. The molecular weight excluding hydrogens is 278 g/mol. The van der Waals surface area contributed by atoms with Crippen LogP contribution in [0.2, 0.25) is 0 Å². The van der Waals surface area contributed by atoms with Crippen LogP contribution in [0.5, 0.6) is 0 Å². The van der Waals surface area contributed by atoms with Gasteiger partial charge in [-0.05, 0) is 13.0 Å². The Labute approximate surface area is 121 Å². The second-order valence-corrected chi connectivity index (χ2v) is 5.55. The summed E-state index contributed by atoms with van der Waals surface area (Å²) >= 11 is 0. The molecule has 0 amide bonds. The van der Waals surface area contributed by atoms with Gasteiger partial charge in [-0.25, -0.2) is 4.79 Å². The number of nitrogen functional groups attached to an aromatic ring is 1. The fraction of sp³-hybridized carbons (Fsp3) is 0.692. The summed E-state index contributed by atoms with van der Waals surface area (Å²) in [6, 6.07) is 1.55. The van der Waals surface area contributed by atoms with E-state index < -0.39 is 23.1 Å². The maximum atomic E-state index is 12.1. The Morgan fingerprint density at radius 3 is 2.95 bits per heavy atom. The highest BCUT2D eigenvalue weighted by molar-refractivity contribution is 5.24. The Balaban J connectivity index is 2.05. The Bertz CT molecular complexity index is 606. The number of rotatable bonds is 4. The Hall–Kier alpha value is -1.48. The molecule has 21 heavy (non-hydrogen) atoms. The molecule has 2 bridgehead atoms. The molecule has 3 heterocycles. The van der Waals surface area contributed by atoms with Gasteiger partial charge in [-0.15, -0.1) is 0 Å². The molecule has 2 aliphatic heterocycles. The fourth-order valence-electron chi connectivity index (χ4n) is 3.35. The van der Waals surface area contributed by atoms with E-state index in [2.05, 4.69) is 4.98 Å². The van der Waals surface area contributed by atoms with Gasteiger partial charge in [0, 0.05) is 20.4 Å². The van der Waals surface area contributed by atoms with Gasteiger partial charge in [0.2, 0.25) is 0 Å². The zero-order chi connectivity index (χ0) is 15.3. The molecule has 8 nitrogen and oxygen atoms in total. The average molecular weight is 297 g/mol. The van der Waals surface area contributed by atoms with E-state index in [1.807, 2.05) is 0 Å². The standard InChI is InChI=1S/C13H19N3O5/c1-12(16-5-4-8(14)15-11(16)17)9-10(19-3)13(21-12,6-18-2)7-20-9/h4-5,9-10H,6-7H2,1-3H3,(H2,14,15,17)/t9-,10?,12-,13+/m1/s1. The third-order valence-electron chi connectivity index (χ3n) is 4.18. The number of nitrogens with two attached hydrogens (primary N) is 1. The van der Waals surface area contributed by atoms with Gasteiger partial charge in [0.15, 0.2) is 5.72 Å². The average Bonchev–Trinajstić information content (AvgIpc) is 2.87. The lowest BCUT2D eigenvalue weighted by molar-refractivity contribution is -0.245. The number of fused-ring (bicyclic) bond motifs is 2. The van der Waals surface area contributed by atoms with Crippen LogP contribution < -0.4 is 11.4 Å². The Kier molecular flexibility index (Phi) is 3.28. The van der Waals surface area contributed by atoms with Crippen LogP contribution in [0.3, 0.4) is 0 Å². The van der Waals surface area contributed by atoms with Crippen molar-refractivity contribution < 1.29 is 18.9 Å². The second kappa shape index (κ2) is 4.77. The first-order chi connectivity index (χ1) is 9.97. The number of ether oxygens (including phenoxy) is 4. The van der Waals surface area contributed by atoms with E-state index in [1.54, 1.807) is 33.4 Å². The minimum absolute atomic E-state index is 0.166. The summed E-state index contributed by atoms with van der Waals surface area (Å²) in [5.41, 5.74) is 3.29. The van der Waals surface area contributed by atoms with Crippen LogP contribution in [0.25, 0.3) is 0 Å². The number of hydrogen-bond acceptors (Lipinski definition) is 7. The molecule has 4 atom stereocenters. The SMILES string of the molecule is COC[C@]12CO[C@H](C1OC)[C@](C)(n1ccc(N)nc1=O)O2. The van der Waals surface area contributed by atoms with E-state index >= 15 is 0 Å². The van der Waals surface area contributed by atoms with Crippen molar-refractivity contribution in [2.24, 2.45) is 0 Å². The molecule has 2 N–H and O–H groups in total. The highest BCUT2D eigenvalue weighted by Gasteiger charge is 2.68. The molecule has 0 aromatic carbocycles. The second-order valence-electron chi connectivity index (χ2n) is 5.55. The van der Waals surface area contributed by atoms with E-state index in [-0.39, 0.29) is 11.9 Å². The highest BCUT2D eigenvalue weighted by atomic mass is 16.7. The van der Waals surface area contributed by atoms with E-state index in [0.29, 0.717) is 13.2 Å². The van der Waals surface area contributed by atoms with Crippen molar-refractivity contribution in [1.29, 1.82) is 0 Å². The summed E-state index contributed by atoms with van der Waals surface area (Å²) in [5.74, 6) is 0.166. The summed E-state index contributed by atoms with van der Waals surface area (Å²) in [6.07, 6.45) is 0.801. The molecular formula is C13H19N3O5. The van der Waals surface area contributed by atoms with Crippen molar-refractivity contribution >= 4 is 5.82 Å². The van der Waals surface area contributed by atoms with Crippen LogP contribution >= 0.6 is 0 Å². The minimum atomic E-state index is -1.02. The molecule has 116 valence electrons. The van der Waals surface area contributed by atoms with E-state index in [4.69, 9.17) is 24.7 Å². The van der Waals surface area contributed by atoms with Gasteiger partial charge in [-0.1, -0.05) is 0 Å². The van der Waals surface area contributed by atoms with E-state index in [0.717, 1.165) is 0 Å². The molecule has 1 aromatic rings. The van der Waals surface area contributed by atoms with Gasteiger partial charge >= 0.3 is 5.69 Å². The molecule has 2 saturated heterocycles. The molecule has 0 saturated carbocycles. The summed E-state index contributed by atoms with van der Waals surface area (Å²) in [7, 11) is 3.18. The molecule has 1 unspecified atom stereocenters. The van der Waals surface area contributed by atoms with Gasteiger partial charge in [-0.2, -0.15) is 4.98 Å². The zero-order valence-corrected chi connectivity index (χ0v) is 12.2. The largest absolute Gasteiger partial charge is 0.383 e. The zero-order valence-electron chi connectivity index (χ0n) is 12.2. The quantitative estimate of drug-likeness (QED) is 0.786. The van der Waals surface area contributed by atoms with Crippen LogP contribution in [0.1, 0.15) is 6.92 Å². The normalized spacial score (nSPS) is 38.0. The maximum Gasteiger partial charge on any atom is 0.351 e. The van der Waals surface area contributed by atoms with Crippen molar-refractivity contribution in [3.8, 4) is 0 Å². The first kappa shape index (κ1) is 14.5. The molecule has 2 fully saturated rings. The van der Waals surface area contributed by atoms with Crippen molar-refractivity contribution in [3.05, 3.63) is 22.7 Å². The number of anilines is 1. The van der Waals surface area contributed by atoms with Crippen LogP contribution in [0.15, 0.2) is 17.1 Å². The fourth-order valence-corrected chi connectivity index (χ4v) is 3.35. The van der Waals surface area contributed by atoms with Crippen LogP contribution in [-0.4, -0.2) is 54.8 Å². The van der Waals surface area contributed by atoms with E-state index in [1.165, 1.54) is 4.57 Å². The predicted molar refractivity (Wildman–Crippen MR) is 72.8 cm³/mol. The van der Waals surface area contributed by atoms with Crippen molar-refractivity contribution in [2.45, 2.75) is 30.5 Å². The predicted octanol–water partition coefficient (Wildman–Crippen LogP) is -0.673. The van der Waals surface area contributed by atoms with Crippen molar-refractivity contribution in [3.63, 3.8) is 0 Å². The first-order valence-electron chi connectivity index (χ1n) is 6.66. The van der Waals surface area contributed by atoms with Crippen LogP contribution in [0, 0.1) is 0 Å².